The molecule has 0 bridgehead atoms. The summed E-state index contributed by atoms with van der Waals surface area (Å²) >= 11 is 5.36. The van der Waals surface area contributed by atoms with Crippen molar-refractivity contribution in [1.29, 1.82) is 0 Å². The number of carbonyl (C=O) groups excluding carboxylic acids is 1. The van der Waals surface area contributed by atoms with Crippen molar-refractivity contribution in [2.75, 3.05) is 0 Å². The molecule has 0 aliphatic heterocycles. The Morgan fingerprint density at radius 1 is 1.00 bits per heavy atom. The van der Waals surface area contributed by atoms with Crippen LogP contribution in [0.25, 0.3) is 0 Å². The second kappa shape index (κ2) is 14.9. The number of nitrogens with zero attached hydrogens (tertiary/aromatic N) is 1. The van der Waals surface area contributed by atoms with Gasteiger partial charge in [0.1, 0.15) is 5.82 Å². The summed E-state index contributed by atoms with van der Waals surface area (Å²) in [4.78, 5) is 21.8. The summed E-state index contributed by atoms with van der Waals surface area (Å²) in [5.74, 6) is 0.526. The molecule has 7 nitrogen and oxygen atoms in total. The number of aromatic nitrogens is 2. The molecule has 1 heterocycles. The Bertz CT molecular complexity index is 1250. The average Bonchev–Trinajstić information content (AvgIpc) is 3.45. The number of nitrogens with two attached hydrogens (primary N) is 1. The molecular weight excluding hydrogens is 559 g/mol. The Labute approximate surface area is 258 Å². The van der Waals surface area contributed by atoms with Crippen LogP contribution >= 0.6 is 12.2 Å². The number of benzene rings is 2. The summed E-state index contributed by atoms with van der Waals surface area (Å²) in [5, 5.41) is 6.87. The molecule has 0 radical (unpaired) electrons. The third-order valence-electron chi connectivity index (χ3n) is 8.32. The molecule has 0 aliphatic carbocycles. The van der Waals surface area contributed by atoms with Crippen LogP contribution in [0.5, 0.6) is 0 Å². The normalized spacial score (nSPS) is 15.0. The van der Waals surface area contributed by atoms with Crippen LogP contribution in [0.3, 0.4) is 0 Å². The van der Waals surface area contributed by atoms with Gasteiger partial charge in [-0.2, -0.15) is 0 Å². The van der Waals surface area contributed by atoms with Gasteiger partial charge in [0.2, 0.25) is 5.91 Å². The van der Waals surface area contributed by atoms with E-state index in [4.69, 9.17) is 22.4 Å². The van der Waals surface area contributed by atoms with E-state index in [0.717, 1.165) is 17.0 Å². The number of imidazole rings is 1. The average molecular weight is 608 g/mol. The van der Waals surface area contributed by atoms with E-state index < -0.39 is 8.32 Å². The Kier molecular flexibility index (Phi) is 11.9. The second-order valence-electron chi connectivity index (χ2n) is 13.0. The number of thiocarbonyl (C=S) groups is 1. The van der Waals surface area contributed by atoms with Crippen LogP contribution in [-0.2, 0) is 22.1 Å². The van der Waals surface area contributed by atoms with Crippen molar-refractivity contribution < 1.29 is 9.22 Å². The number of hydrogen-bond donors (Lipinski definition) is 4. The molecule has 5 N–H and O–H groups in total. The zero-order valence-corrected chi connectivity index (χ0v) is 28.0. The van der Waals surface area contributed by atoms with E-state index in [-0.39, 0.29) is 46.1 Å². The first-order chi connectivity index (χ1) is 19.8. The fraction of sp³-hybridized carbons (Fsp3) is 0.485. The maximum absolute atomic E-state index is 14.2. The largest absolute Gasteiger partial charge is 0.412 e. The number of amides is 1. The van der Waals surface area contributed by atoms with E-state index in [1.54, 1.807) is 12.4 Å². The highest BCUT2D eigenvalue weighted by Gasteiger charge is 2.42. The number of rotatable bonds is 14. The zero-order chi connectivity index (χ0) is 30.9. The maximum Gasteiger partial charge on any atom is 0.224 e. The molecule has 9 heteroatoms. The van der Waals surface area contributed by atoms with Crippen LogP contribution in [0.4, 0.5) is 0 Å². The van der Waals surface area contributed by atoms with Gasteiger partial charge in [0.25, 0.3) is 0 Å². The molecule has 1 aromatic heterocycles. The molecule has 3 rings (SSSR count). The fourth-order valence-electron chi connectivity index (χ4n) is 4.91. The highest BCUT2D eigenvalue weighted by Crippen LogP contribution is 2.39. The number of aromatic amines is 1. The van der Waals surface area contributed by atoms with Crippen molar-refractivity contribution in [3.05, 3.63) is 90.0 Å². The van der Waals surface area contributed by atoms with Gasteiger partial charge in [0, 0.05) is 18.3 Å². The standard InChI is InChI=1S/C33H49N5O2SSi/c1-23(2)29(30-35-18-19-36-30)38-31(39)26(20-24-14-10-8-11-15-24)22-28(40-42(6,7)33(3,4)5)27(37-32(34)41)21-25-16-12-9-13-17-25/h8-19,23,26-29H,20-22H2,1-7H3,(H,35,36)(H,38,39)(H3,34,37,41)/t26-,27+,28+,29+/m1/s1. The van der Waals surface area contributed by atoms with Gasteiger partial charge >= 0.3 is 0 Å². The molecule has 0 fully saturated rings. The first-order valence-corrected chi connectivity index (χ1v) is 18.2. The van der Waals surface area contributed by atoms with Crippen LogP contribution in [-0.4, -0.2) is 41.5 Å². The van der Waals surface area contributed by atoms with Gasteiger partial charge in [0.05, 0.1) is 18.2 Å². The molecule has 0 unspecified atom stereocenters. The lowest BCUT2D eigenvalue weighted by molar-refractivity contribution is -0.127. The van der Waals surface area contributed by atoms with E-state index in [9.17, 15) is 4.79 Å². The third kappa shape index (κ3) is 9.78. The van der Waals surface area contributed by atoms with Gasteiger partial charge in [-0.3, -0.25) is 4.79 Å². The topological polar surface area (TPSA) is 105 Å². The quantitative estimate of drug-likeness (QED) is 0.127. The lowest BCUT2D eigenvalue weighted by atomic mass is 9.88. The van der Waals surface area contributed by atoms with Gasteiger partial charge in [-0.1, -0.05) is 95.3 Å². The molecule has 2 aromatic carbocycles. The lowest BCUT2D eigenvalue weighted by Gasteiger charge is -2.42. The highest BCUT2D eigenvalue weighted by molar-refractivity contribution is 7.80. The molecule has 1 amide bonds. The Balaban J connectivity index is 2.01. The number of H-pyrrole nitrogens is 1. The van der Waals surface area contributed by atoms with E-state index in [0.29, 0.717) is 19.3 Å². The fourth-order valence-corrected chi connectivity index (χ4v) is 6.43. The van der Waals surface area contributed by atoms with Crippen LogP contribution in [0.1, 0.15) is 64.0 Å². The van der Waals surface area contributed by atoms with Crippen LogP contribution in [0.2, 0.25) is 18.1 Å². The first-order valence-electron chi connectivity index (χ1n) is 14.9. The van der Waals surface area contributed by atoms with Gasteiger partial charge in [0.15, 0.2) is 13.4 Å². The van der Waals surface area contributed by atoms with Gasteiger partial charge in [-0.05, 0) is 66.7 Å². The third-order valence-corrected chi connectivity index (χ3v) is 12.9. The summed E-state index contributed by atoms with van der Waals surface area (Å²) in [6, 6.07) is 20.0. The minimum atomic E-state index is -2.26. The molecule has 0 saturated heterocycles. The Morgan fingerprint density at radius 2 is 1.57 bits per heavy atom. The molecule has 0 aliphatic rings. The summed E-state index contributed by atoms with van der Waals surface area (Å²) in [6.45, 7) is 15.4. The summed E-state index contributed by atoms with van der Waals surface area (Å²) in [5.41, 5.74) is 8.34. The van der Waals surface area contributed by atoms with Crippen LogP contribution in [0.15, 0.2) is 73.1 Å². The predicted molar refractivity (Wildman–Crippen MR) is 178 cm³/mol. The second-order valence-corrected chi connectivity index (χ2v) is 18.2. The minimum Gasteiger partial charge on any atom is -0.412 e. The molecule has 0 spiro atoms. The van der Waals surface area contributed by atoms with Crippen molar-refractivity contribution in [3.63, 3.8) is 0 Å². The van der Waals surface area contributed by atoms with Crippen molar-refractivity contribution in [2.45, 2.75) is 90.2 Å². The smallest absolute Gasteiger partial charge is 0.224 e. The van der Waals surface area contributed by atoms with E-state index in [1.165, 1.54) is 0 Å². The van der Waals surface area contributed by atoms with Crippen molar-refractivity contribution >= 4 is 31.6 Å². The van der Waals surface area contributed by atoms with Gasteiger partial charge < -0.3 is 25.8 Å². The van der Waals surface area contributed by atoms with E-state index in [1.807, 2.05) is 36.4 Å². The monoisotopic (exact) mass is 607 g/mol. The highest BCUT2D eigenvalue weighted by atomic mass is 32.1. The zero-order valence-electron chi connectivity index (χ0n) is 26.2. The van der Waals surface area contributed by atoms with Crippen LogP contribution < -0.4 is 16.4 Å². The van der Waals surface area contributed by atoms with Gasteiger partial charge in [-0.25, -0.2) is 4.98 Å². The molecule has 3 aromatic rings. The molecule has 42 heavy (non-hydrogen) atoms. The van der Waals surface area contributed by atoms with Gasteiger partial charge in [-0.15, -0.1) is 0 Å². The molecule has 0 saturated carbocycles. The van der Waals surface area contributed by atoms with Crippen LogP contribution in [0, 0.1) is 11.8 Å². The van der Waals surface area contributed by atoms with E-state index in [2.05, 4.69) is 92.6 Å². The number of carbonyl (C=O) groups is 1. The van der Waals surface area contributed by atoms with Crippen molar-refractivity contribution in [1.82, 2.24) is 20.6 Å². The molecule has 4 atom stereocenters. The number of nitrogens with one attached hydrogen (secondary N) is 3. The first kappa shape index (κ1) is 33.5. The SMILES string of the molecule is CC(C)[C@H](NC(=O)[C@H](Cc1ccccc1)C[C@H](O[Si](C)(C)C(C)(C)C)[C@H](Cc1ccccc1)NC(N)=S)c1ncc[nH]1. The lowest BCUT2D eigenvalue weighted by Crippen LogP contribution is -2.54. The Hall–Kier alpha value is -3.01. The minimum absolute atomic E-state index is 0.0217. The predicted octanol–water partition coefficient (Wildman–Crippen LogP) is 6.31. The molecule has 228 valence electrons. The number of hydrogen-bond acceptors (Lipinski definition) is 4. The molecular formula is C33H49N5O2SSi. The van der Waals surface area contributed by atoms with Crippen molar-refractivity contribution in [2.24, 2.45) is 17.6 Å². The van der Waals surface area contributed by atoms with Crippen molar-refractivity contribution in [3.8, 4) is 0 Å². The summed E-state index contributed by atoms with van der Waals surface area (Å²) < 4.78 is 7.14. The van der Waals surface area contributed by atoms with E-state index >= 15 is 0 Å². The summed E-state index contributed by atoms with van der Waals surface area (Å²) in [7, 11) is -2.26. The Morgan fingerprint density at radius 3 is 2.05 bits per heavy atom. The maximum atomic E-state index is 14.2. The summed E-state index contributed by atoms with van der Waals surface area (Å²) in [6.07, 6.45) is 4.95.